The Morgan fingerprint density at radius 2 is 1.73 bits per heavy atom. The Morgan fingerprint density at radius 1 is 1.08 bits per heavy atom. The number of anilines is 1. The fourth-order valence-electron chi connectivity index (χ4n) is 2.04. The van der Waals surface area contributed by atoms with Crippen LogP contribution in [0, 0.1) is 20.2 Å². The van der Waals surface area contributed by atoms with Crippen LogP contribution < -0.4 is 15.4 Å². The van der Waals surface area contributed by atoms with Crippen LogP contribution in [0.2, 0.25) is 0 Å². The fraction of sp³-hybridized carbons (Fsp3) is 0.0667. The molecule has 134 valence electrons. The molecule has 2 aromatic rings. The minimum absolute atomic E-state index is 0.0312. The standard InChI is InChI=1S/C15H12N4O6S/c1-25-9-6-7-11(13(8-9)19(23)24)16-15(26)17-14(20)10-4-2-3-5-12(10)18(21)22/h2-8H,1H3,(H2,16,17,20,26). The zero-order valence-electron chi connectivity index (χ0n) is 13.3. The number of hydrogen-bond donors (Lipinski definition) is 2. The Kier molecular flexibility index (Phi) is 5.75. The summed E-state index contributed by atoms with van der Waals surface area (Å²) in [6.07, 6.45) is 0. The van der Waals surface area contributed by atoms with E-state index in [-0.39, 0.29) is 33.5 Å². The highest BCUT2D eigenvalue weighted by Crippen LogP contribution is 2.28. The molecule has 0 fully saturated rings. The molecule has 0 spiro atoms. The van der Waals surface area contributed by atoms with Crippen LogP contribution >= 0.6 is 12.2 Å². The van der Waals surface area contributed by atoms with Crippen molar-refractivity contribution in [1.82, 2.24) is 5.32 Å². The number of hydrogen-bond acceptors (Lipinski definition) is 7. The van der Waals surface area contributed by atoms with E-state index in [1.807, 2.05) is 0 Å². The van der Waals surface area contributed by atoms with Gasteiger partial charge in [0, 0.05) is 6.07 Å². The molecule has 1 amide bonds. The molecule has 0 saturated heterocycles. The summed E-state index contributed by atoms with van der Waals surface area (Å²) < 4.78 is 4.92. The third kappa shape index (κ3) is 4.27. The first-order valence-corrected chi connectivity index (χ1v) is 7.42. The molecule has 0 heterocycles. The molecule has 2 rings (SSSR count). The van der Waals surface area contributed by atoms with Crippen LogP contribution in [0.15, 0.2) is 42.5 Å². The molecule has 0 radical (unpaired) electrons. The van der Waals surface area contributed by atoms with Crippen molar-refractivity contribution in [2.24, 2.45) is 0 Å². The Balaban J connectivity index is 2.18. The molecular formula is C15H12N4O6S. The van der Waals surface area contributed by atoms with Gasteiger partial charge in [0.05, 0.1) is 23.0 Å². The number of carbonyl (C=O) groups excluding carboxylic acids is 1. The normalized spacial score (nSPS) is 9.88. The first-order chi connectivity index (χ1) is 12.3. The first-order valence-electron chi connectivity index (χ1n) is 7.01. The minimum Gasteiger partial charge on any atom is -0.496 e. The average Bonchev–Trinajstić information content (AvgIpc) is 2.61. The molecule has 0 aromatic heterocycles. The van der Waals surface area contributed by atoms with Gasteiger partial charge in [-0.1, -0.05) is 12.1 Å². The molecule has 0 bridgehead atoms. The van der Waals surface area contributed by atoms with Crippen molar-refractivity contribution in [3.05, 3.63) is 68.3 Å². The lowest BCUT2D eigenvalue weighted by molar-refractivity contribution is -0.385. The summed E-state index contributed by atoms with van der Waals surface area (Å²) >= 11 is 4.96. The number of nitro groups is 2. The van der Waals surface area contributed by atoms with Crippen molar-refractivity contribution in [2.75, 3.05) is 12.4 Å². The molecule has 2 N–H and O–H groups in total. The largest absolute Gasteiger partial charge is 0.496 e. The van der Waals surface area contributed by atoms with Crippen molar-refractivity contribution in [2.45, 2.75) is 0 Å². The number of rotatable bonds is 5. The highest BCUT2D eigenvalue weighted by atomic mass is 32.1. The van der Waals surface area contributed by atoms with Gasteiger partial charge >= 0.3 is 0 Å². The SMILES string of the molecule is COc1ccc(NC(=S)NC(=O)c2ccccc2[N+](=O)[O-])c([N+](=O)[O-])c1. The molecule has 11 heteroatoms. The van der Waals surface area contributed by atoms with Gasteiger partial charge in [0.25, 0.3) is 17.3 Å². The van der Waals surface area contributed by atoms with E-state index < -0.39 is 15.8 Å². The summed E-state index contributed by atoms with van der Waals surface area (Å²) in [5, 5.41) is 26.6. The number of benzene rings is 2. The van der Waals surface area contributed by atoms with Crippen LogP contribution in [0.1, 0.15) is 10.4 Å². The van der Waals surface area contributed by atoms with E-state index in [2.05, 4.69) is 10.6 Å². The monoisotopic (exact) mass is 376 g/mol. The maximum atomic E-state index is 12.2. The summed E-state index contributed by atoms with van der Waals surface area (Å²) in [7, 11) is 1.36. The van der Waals surface area contributed by atoms with Gasteiger partial charge in [0.1, 0.15) is 17.0 Å². The summed E-state index contributed by atoms with van der Waals surface area (Å²) in [5.74, 6) is -0.539. The topological polar surface area (TPSA) is 137 Å². The van der Waals surface area contributed by atoms with E-state index in [1.54, 1.807) is 0 Å². The van der Waals surface area contributed by atoms with Crippen molar-refractivity contribution in [3.63, 3.8) is 0 Å². The quantitative estimate of drug-likeness (QED) is 0.461. The number of nitrogens with one attached hydrogen (secondary N) is 2. The van der Waals surface area contributed by atoms with Gasteiger partial charge in [-0.25, -0.2) is 0 Å². The predicted molar refractivity (Wildman–Crippen MR) is 96.4 cm³/mol. The fourth-order valence-corrected chi connectivity index (χ4v) is 2.25. The molecular weight excluding hydrogens is 364 g/mol. The first kappa shape index (κ1) is 18.7. The number of ether oxygens (including phenoxy) is 1. The van der Waals surface area contributed by atoms with Crippen LogP contribution in [-0.2, 0) is 0 Å². The molecule has 0 aliphatic rings. The molecule has 0 aliphatic carbocycles. The van der Waals surface area contributed by atoms with E-state index in [0.29, 0.717) is 0 Å². The molecule has 26 heavy (non-hydrogen) atoms. The Hall–Kier alpha value is -3.60. The molecule has 0 saturated carbocycles. The van der Waals surface area contributed by atoms with E-state index in [4.69, 9.17) is 17.0 Å². The Bertz CT molecular complexity index is 901. The van der Waals surface area contributed by atoms with Crippen molar-refractivity contribution >= 4 is 40.3 Å². The molecule has 0 atom stereocenters. The second kappa shape index (κ2) is 7.98. The third-order valence-electron chi connectivity index (χ3n) is 3.22. The maximum Gasteiger partial charge on any atom is 0.296 e. The van der Waals surface area contributed by atoms with Gasteiger partial charge in [-0.05, 0) is 30.4 Å². The zero-order chi connectivity index (χ0) is 19.3. The Morgan fingerprint density at radius 3 is 2.35 bits per heavy atom. The number of carbonyl (C=O) groups is 1. The van der Waals surface area contributed by atoms with Gasteiger partial charge in [-0.2, -0.15) is 0 Å². The zero-order valence-corrected chi connectivity index (χ0v) is 14.1. The second-order valence-electron chi connectivity index (χ2n) is 4.82. The number of amides is 1. The molecule has 10 nitrogen and oxygen atoms in total. The van der Waals surface area contributed by atoms with Crippen LogP contribution in [0.3, 0.4) is 0 Å². The van der Waals surface area contributed by atoms with Crippen LogP contribution in [0.4, 0.5) is 17.1 Å². The van der Waals surface area contributed by atoms with Crippen LogP contribution in [-0.4, -0.2) is 28.0 Å². The lowest BCUT2D eigenvalue weighted by Crippen LogP contribution is -2.34. The summed E-state index contributed by atoms with van der Waals surface area (Å²) in [6.45, 7) is 0. The van der Waals surface area contributed by atoms with Gasteiger partial charge < -0.3 is 10.1 Å². The second-order valence-corrected chi connectivity index (χ2v) is 5.23. The predicted octanol–water partition coefficient (Wildman–Crippen LogP) is 2.64. The third-order valence-corrected chi connectivity index (χ3v) is 3.43. The number of para-hydroxylation sites is 1. The minimum atomic E-state index is -0.814. The van der Waals surface area contributed by atoms with Crippen molar-refractivity contribution < 1.29 is 19.4 Å². The maximum absolute atomic E-state index is 12.2. The highest BCUT2D eigenvalue weighted by Gasteiger charge is 2.21. The summed E-state index contributed by atoms with van der Waals surface area (Å²) in [6, 6.07) is 9.36. The highest BCUT2D eigenvalue weighted by molar-refractivity contribution is 7.80. The smallest absolute Gasteiger partial charge is 0.296 e. The Labute approximate surface area is 152 Å². The number of thiocarbonyl (C=S) groups is 1. The summed E-state index contributed by atoms with van der Waals surface area (Å²) in [4.78, 5) is 33.0. The van der Waals surface area contributed by atoms with Gasteiger partial charge in [0.15, 0.2) is 5.11 Å². The number of methoxy groups -OCH3 is 1. The van der Waals surface area contributed by atoms with Crippen molar-refractivity contribution in [3.8, 4) is 5.75 Å². The van der Waals surface area contributed by atoms with E-state index >= 15 is 0 Å². The van der Waals surface area contributed by atoms with Crippen LogP contribution in [0.25, 0.3) is 0 Å². The van der Waals surface area contributed by atoms with Gasteiger partial charge in [-0.15, -0.1) is 0 Å². The van der Waals surface area contributed by atoms with E-state index in [0.717, 1.165) is 0 Å². The van der Waals surface area contributed by atoms with Gasteiger partial charge in [-0.3, -0.25) is 30.3 Å². The molecule has 0 aliphatic heterocycles. The lowest BCUT2D eigenvalue weighted by atomic mass is 10.1. The lowest BCUT2D eigenvalue weighted by Gasteiger charge is -2.11. The molecule has 0 unspecified atom stereocenters. The molecule has 2 aromatic carbocycles. The summed E-state index contributed by atoms with van der Waals surface area (Å²) in [5.41, 5.74) is -0.857. The van der Waals surface area contributed by atoms with E-state index in [9.17, 15) is 25.0 Å². The average molecular weight is 376 g/mol. The van der Waals surface area contributed by atoms with Crippen LogP contribution in [0.5, 0.6) is 5.75 Å². The van der Waals surface area contributed by atoms with Crippen molar-refractivity contribution in [1.29, 1.82) is 0 Å². The van der Waals surface area contributed by atoms with Gasteiger partial charge in [0.2, 0.25) is 0 Å². The number of nitrogens with zero attached hydrogens (tertiary/aromatic N) is 2. The van der Waals surface area contributed by atoms with E-state index in [1.165, 1.54) is 49.6 Å². The number of nitro benzene ring substituents is 2.